The normalized spacial score (nSPS) is 11.2. The van der Waals surface area contributed by atoms with Gasteiger partial charge in [-0.2, -0.15) is 0 Å². The van der Waals surface area contributed by atoms with Crippen LogP contribution in [0.3, 0.4) is 0 Å². The van der Waals surface area contributed by atoms with E-state index in [1.54, 1.807) is 7.11 Å². The first-order valence-electron chi connectivity index (χ1n) is 5.73. The highest BCUT2D eigenvalue weighted by Gasteiger charge is 2.18. The molecule has 0 aromatic heterocycles. The minimum absolute atomic E-state index is 0.0410. The van der Waals surface area contributed by atoms with E-state index in [1.807, 2.05) is 46.8 Å². The number of ether oxygens (including phenoxy) is 1. The van der Waals surface area contributed by atoms with Gasteiger partial charge in [-0.15, -0.1) is 0 Å². The van der Waals surface area contributed by atoms with Gasteiger partial charge in [-0.3, -0.25) is 4.79 Å². The molecule has 0 saturated heterocycles. The molecule has 3 nitrogen and oxygen atoms in total. The topological polar surface area (TPSA) is 38.3 Å². The third-order valence-corrected chi connectivity index (χ3v) is 2.69. The Hall–Kier alpha value is -1.51. The van der Waals surface area contributed by atoms with E-state index in [9.17, 15) is 4.79 Å². The van der Waals surface area contributed by atoms with Crippen molar-refractivity contribution in [3.05, 3.63) is 28.8 Å². The van der Waals surface area contributed by atoms with E-state index < -0.39 is 0 Å². The summed E-state index contributed by atoms with van der Waals surface area (Å²) in [6.07, 6.45) is 0. The second-order valence-electron chi connectivity index (χ2n) is 5.27. The Morgan fingerprint density at radius 2 is 1.76 bits per heavy atom. The van der Waals surface area contributed by atoms with Crippen LogP contribution in [-0.4, -0.2) is 18.6 Å². The molecule has 0 fully saturated rings. The quantitative estimate of drug-likeness (QED) is 0.856. The molecular formula is C14H21NO2. The minimum atomic E-state index is -0.225. The maximum absolute atomic E-state index is 12.1. The van der Waals surface area contributed by atoms with Crippen LogP contribution in [-0.2, 0) is 0 Å². The first kappa shape index (κ1) is 13.6. The smallest absolute Gasteiger partial charge is 0.251 e. The van der Waals surface area contributed by atoms with Crippen LogP contribution in [0.2, 0.25) is 0 Å². The van der Waals surface area contributed by atoms with Crippen LogP contribution in [0.25, 0.3) is 0 Å². The molecule has 0 spiro atoms. The fraction of sp³-hybridized carbons (Fsp3) is 0.500. The van der Waals surface area contributed by atoms with Gasteiger partial charge in [-0.1, -0.05) is 0 Å². The summed E-state index contributed by atoms with van der Waals surface area (Å²) in [5.41, 5.74) is 2.45. The molecule has 1 rings (SSSR count). The standard InChI is InChI=1S/C14H21NO2/c1-9-10(2)12(17-6)8-7-11(9)13(16)15-14(3,4)5/h7-8H,1-6H3,(H,15,16). The summed E-state index contributed by atoms with van der Waals surface area (Å²) in [7, 11) is 1.64. The number of carbonyl (C=O) groups excluding carboxylic acids is 1. The maximum atomic E-state index is 12.1. The maximum Gasteiger partial charge on any atom is 0.251 e. The van der Waals surface area contributed by atoms with Crippen molar-refractivity contribution in [3.8, 4) is 5.75 Å². The molecule has 0 bridgehead atoms. The van der Waals surface area contributed by atoms with Gasteiger partial charge in [0.1, 0.15) is 5.75 Å². The van der Waals surface area contributed by atoms with E-state index in [0.29, 0.717) is 5.56 Å². The molecule has 1 amide bonds. The number of methoxy groups -OCH3 is 1. The molecule has 0 saturated carbocycles. The summed E-state index contributed by atoms with van der Waals surface area (Å²) in [4.78, 5) is 12.1. The van der Waals surface area contributed by atoms with E-state index in [-0.39, 0.29) is 11.4 Å². The van der Waals surface area contributed by atoms with Gasteiger partial charge in [0, 0.05) is 11.1 Å². The molecular weight excluding hydrogens is 214 g/mol. The molecule has 3 heteroatoms. The van der Waals surface area contributed by atoms with E-state index >= 15 is 0 Å². The van der Waals surface area contributed by atoms with E-state index in [1.165, 1.54) is 0 Å². The molecule has 1 N–H and O–H groups in total. The van der Waals surface area contributed by atoms with Crippen LogP contribution < -0.4 is 10.1 Å². The molecule has 0 unspecified atom stereocenters. The lowest BCUT2D eigenvalue weighted by Crippen LogP contribution is -2.40. The molecule has 17 heavy (non-hydrogen) atoms. The highest BCUT2D eigenvalue weighted by atomic mass is 16.5. The molecule has 1 aromatic rings. The fourth-order valence-corrected chi connectivity index (χ4v) is 1.67. The Balaban J connectivity index is 3.08. The van der Waals surface area contributed by atoms with Crippen LogP contribution in [0.5, 0.6) is 5.75 Å². The Bertz CT molecular complexity index is 431. The van der Waals surface area contributed by atoms with Gasteiger partial charge < -0.3 is 10.1 Å². The summed E-state index contributed by atoms with van der Waals surface area (Å²) >= 11 is 0. The predicted octanol–water partition coefficient (Wildman–Crippen LogP) is 2.84. The van der Waals surface area contributed by atoms with Gasteiger partial charge in [0.2, 0.25) is 0 Å². The monoisotopic (exact) mass is 235 g/mol. The van der Waals surface area contributed by atoms with Crippen molar-refractivity contribution in [1.82, 2.24) is 5.32 Å². The number of rotatable bonds is 2. The Morgan fingerprint density at radius 3 is 2.24 bits per heavy atom. The SMILES string of the molecule is COc1ccc(C(=O)NC(C)(C)C)c(C)c1C. The Kier molecular flexibility index (Phi) is 3.81. The van der Waals surface area contributed by atoms with Gasteiger partial charge in [-0.25, -0.2) is 0 Å². The molecule has 0 radical (unpaired) electrons. The van der Waals surface area contributed by atoms with Crippen molar-refractivity contribution in [3.63, 3.8) is 0 Å². The van der Waals surface area contributed by atoms with Gasteiger partial charge in [0.25, 0.3) is 5.91 Å². The first-order chi connectivity index (χ1) is 7.76. The number of hydrogen-bond acceptors (Lipinski definition) is 2. The van der Waals surface area contributed by atoms with Crippen LogP contribution in [0.1, 0.15) is 42.3 Å². The number of amides is 1. The first-order valence-corrected chi connectivity index (χ1v) is 5.73. The molecule has 94 valence electrons. The number of hydrogen-bond donors (Lipinski definition) is 1. The molecule has 0 aliphatic carbocycles. The van der Waals surface area contributed by atoms with Crippen LogP contribution >= 0.6 is 0 Å². The lowest BCUT2D eigenvalue weighted by atomic mass is 10.0. The van der Waals surface area contributed by atoms with E-state index in [0.717, 1.165) is 16.9 Å². The van der Waals surface area contributed by atoms with Crippen molar-refractivity contribution >= 4 is 5.91 Å². The van der Waals surface area contributed by atoms with Gasteiger partial charge in [0.05, 0.1) is 7.11 Å². The molecule has 0 heterocycles. The van der Waals surface area contributed by atoms with Gasteiger partial charge in [-0.05, 0) is 57.9 Å². The number of nitrogens with one attached hydrogen (secondary N) is 1. The van der Waals surface area contributed by atoms with Gasteiger partial charge >= 0.3 is 0 Å². The van der Waals surface area contributed by atoms with E-state index in [4.69, 9.17) is 4.74 Å². The summed E-state index contributed by atoms with van der Waals surface area (Å²) in [5, 5.41) is 2.96. The molecule has 0 aliphatic heterocycles. The second kappa shape index (κ2) is 4.78. The fourth-order valence-electron chi connectivity index (χ4n) is 1.67. The van der Waals surface area contributed by atoms with Crippen LogP contribution in [0.4, 0.5) is 0 Å². The minimum Gasteiger partial charge on any atom is -0.496 e. The third kappa shape index (κ3) is 3.22. The lowest BCUT2D eigenvalue weighted by molar-refractivity contribution is 0.0919. The van der Waals surface area contributed by atoms with Gasteiger partial charge in [0.15, 0.2) is 0 Å². The average Bonchev–Trinajstić information content (AvgIpc) is 2.19. The molecule has 0 aliphatic rings. The van der Waals surface area contributed by atoms with Crippen molar-refractivity contribution in [2.45, 2.75) is 40.2 Å². The summed E-state index contributed by atoms with van der Waals surface area (Å²) in [6.45, 7) is 9.81. The van der Waals surface area contributed by atoms with E-state index in [2.05, 4.69) is 5.32 Å². The van der Waals surface area contributed by atoms with Crippen LogP contribution in [0.15, 0.2) is 12.1 Å². The predicted molar refractivity (Wildman–Crippen MR) is 69.7 cm³/mol. The summed E-state index contributed by atoms with van der Waals surface area (Å²) < 4.78 is 5.23. The highest BCUT2D eigenvalue weighted by Crippen LogP contribution is 2.24. The van der Waals surface area contributed by atoms with Crippen molar-refractivity contribution in [2.24, 2.45) is 0 Å². The number of carbonyl (C=O) groups is 1. The molecule has 0 atom stereocenters. The highest BCUT2D eigenvalue weighted by molar-refractivity contribution is 5.96. The zero-order chi connectivity index (χ0) is 13.2. The van der Waals surface area contributed by atoms with Crippen LogP contribution in [0, 0.1) is 13.8 Å². The van der Waals surface area contributed by atoms with Crippen molar-refractivity contribution in [2.75, 3.05) is 7.11 Å². The van der Waals surface area contributed by atoms with Crippen molar-refractivity contribution < 1.29 is 9.53 Å². The Labute approximate surface area is 103 Å². The summed E-state index contributed by atoms with van der Waals surface area (Å²) in [5.74, 6) is 0.774. The zero-order valence-corrected chi connectivity index (χ0v) is 11.5. The second-order valence-corrected chi connectivity index (χ2v) is 5.27. The average molecular weight is 235 g/mol. The zero-order valence-electron chi connectivity index (χ0n) is 11.5. The Morgan fingerprint density at radius 1 is 1.18 bits per heavy atom. The molecule has 1 aromatic carbocycles. The van der Waals surface area contributed by atoms with Crippen molar-refractivity contribution in [1.29, 1.82) is 0 Å². The number of benzene rings is 1. The lowest BCUT2D eigenvalue weighted by Gasteiger charge is -2.21. The largest absolute Gasteiger partial charge is 0.496 e. The summed E-state index contributed by atoms with van der Waals surface area (Å²) in [6, 6.07) is 3.64. The third-order valence-electron chi connectivity index (χ3n) is 2.69.